The van der Waals surface area contributed by atoms with E-state index in [4.69, 9.17) is 4.52 Å². The van der Waals surface area contributed by atoms with Crippen LogP contribution in [0.25, 0.3) is 0 Å². The summed E-state index contributed by atoms with van der Waals surface area (Å²) in [5, 5.41) is 13.4. The molecule has 2 heterocycles. The van der Waals surface area contributed by atoms with E-state index in [0.717, 1.165) is 18.8 Å². The standard InChI is InChI=1S/C16H19N3O3/c1-11-15(12(2)22-17-11)16(21)19-8-6-18(7-9-19)13-4-3-5-14(20)10-13/h3-5,10,20H,6-9H2,1-2H3. The predicted molar refractivity (Wildman–Crippen MR) is 82.2 cm³/mol. The fourth-order valence-electron chi connectivity index (χ4n) is 2.80. The molecule has 1 aliphatic heterocycles. The van der Waals surface area contributed by atoms with Crippen LogP contribution >= 0.6 is 0 Å². The van der Waals surface area contributed by atoms with Crippen molar-refractivity contribution in [1.29, 1.82) is 0 Å². The van der Waals surface area contributed by atoms with Crippen molar-refractivity contribution in [3.8, 4) is 5.75 Å². The van der Waals surface area contributed by atoms with E-state index in [9.17, 15) is 9.90 Å². The fraction of sp³-hybridized carbons (Fsp3) is 0.375. The predicted octanol–water partition coefficient (Wildman–Crippen LogP) is 1.96. The van der Waals surface area contributed by atoms with Crippen LogP contribution in [-0.4, -0.2) is 47.2 Å². The summed E-state index contributed by atoms with van der Waals surface area (Å²) in [7, 11) is 0. The van der Waals surface area contributed by atoms with Gasteiger partial charge in [0.15, 0.2) is 0 Å². The maximum absolute atomic E-state index is 12.6. The molecule has 0 spiro atoms. The van der Waals surface area contributed by atoms with Gasteiger partial charge in [0.1, 0.15) is 17.1 Å². The normalized spacial score (nSPS) is 15.2. The quantitative estimate of drug-likeness (QED) is 0.918. The molecule has 0 atom stereocenters. The Kier molecular flexibility index (Phi) is 3.75. The minimum absolute atomic E-state index is 0.0215. The third-order valence-electron chi connectivity index (χ3n) is 4.01. The number of anilines is 1. The van der Waals surface area contributed by atoms with Gasteiger partial charge >= 0.3 is 0 Å². The first-order valence-corrected chi connectivity index (χ1v) is 7.32. The molecule has 0 aliphatic carbocycles. The van der Waals surface area contributed by atoms with Gasteiger partial charge < -0.3 is 19.4 Å². The molecule has 1 aromatic heterocycles. The second kappa shape index (κ2) is 5.71. The topological polar surface area (TPSA) is 69.8 Å². The maximum Gasteiger partial charge on any atom is 0.259 e. The summed E-state index contributed by atoms with van der Waals surface area (Å²) in [5.41, 5.74) is 2.19. The van der Waals surface area contributed by atoms with Crippen molar-refractivity contribution in [2.45, 2.75) is 13.8 Å². The molecule has 1 aromatic carbocycles. The number of piperazine rings is 1. The van der Waals surface area contributed by atoms with Crippen molar-refractivity contribution in [2.75, 3.05) is 31.1 Å². The van der Waals surface area contributed by atoms with Crippen LogP contribution in [0.3, 0.4) is 0 Å². The molecule has 1 N–H and O–H groups in total. The lowest BCUT2D eigenvalue weighted by atomic mass is 10.1. The van der Waals surface area contributed by atoms with Crippen LogP contribution in [0.15, 0.2) is 28.8 Å². The third kappa shape index (κ3) is 2.64. The number of amides is 1. The van der Waals surface area contributed by atoms with Crippen molar-refractivity contribution in [2.24, 2.45) is 0 Å². The second-order valence-corrected chi connectivity index (χ2v) is 5.50. The number of benzene rings is 1. The van der Waals surface area contributed by atoms with E-state index in [1.54, 1.807) is 26.0 Å². The molecule has 6 nitrogen and oxygen atoms in total. The first-order valence-electron chi connectivity index (χ1n) is 7.32. The number of aromatic nitrogens is 1. The van der Waals surface area contributed by atoms with E-state index in [2.05, 4.69) is 10.1 Å². The molecule has 6 heteroatoms. The van der Waals surface area contributed by atoms with Crippen LogP contribution in [0, 0.1) is 13.8 Å². The molecule has 1 fully saturated rings. The summed E-state index contributed by atoms with van der Waals surface area (Å²) in [4.78, 5) is 16.6. The van der Waals surface area contributed by atoms with Crippen LogP contribution in [0.4, 0.5) is 5.69 Å². The number of phenols is 1. The molecule has 116 valence electrons. The van der Waals surface area contributed by atoms with Gasteiger partial charge in [-0.1, -0.05) is 11.2 Å². The molecule has 0 radical (unpaired) electrons. The summed E-state index contributed by atoms with van der Waals surface area (Å²) in [6, 6.07) is 7.18. The average Bonchev–Trinajstić information content (AvgIpc) is 2.86. The van der Waals surface area contributed by atoms with Gasteiger partial charge in [-0.3, -0.25) is 4.79 Å². The highest BCUT2D eigenvalue weighted by atomic mass is 16.5. The number of rotatable bonds is 2. The van der Waals surface area contributed by atoms with Gasteiger partial charge in [0, 0.05) is 37.9 Å². The van der Waals surface area contributed by atoms with E-state index in [1.165, 1.54) is 0 Å². The highest BCUT2D eigenvalue weighted by Gasteiger charge is 2.26. The Balaban J connectivity index is 1.68. The lowest BCUT2D eigenvalue weighted by Gasteiger charge is -2.36. The zero-order valence-corrected chi connectivity index (χ0v) is 12.7. The van der Waals surface area contributed by atoms with Crippen molar-refractivity contribution < 1.29 is 14.4 Å². The van der Waals surface area contributed by atoms with Crippen LogP contribution in [0.2, 0.25) is 0 Å². The minimum atomic E-state index is -0.0215. The number of carbonyl (C=O) groups is 1. The summed E-state index contributed by atoms with van der Waals surface area (Å²) in [6.07, 6.45) is 0. The molecule has 0 unspecified atom stereocenters. The van der Waals surface area contributed by atoms with E-state index in [0.29, 0.717) is 30.1 Å². The smallest absolute Gasteiger partial charge is 0.259 e. The van der Waals surface area contributed by atoms with Crippen molar-refractivity contribution >= 4 is 11.6 Å². The minimum Gasteiger partial charge on any atom is -0.508 e. The lowest BCUT2D eigenvalue weighted by Crippen LogP contribution is -2.49. The summed E-state index contributed by atoms with van der Waals surface area (Å²) in [6.45, 7) is 6.29. The molecule has 1 amide bonds. The molecule has 0 saturated carbocycles. The Morgan fingerprint density at radius 1 is 1.23 bits per heavy atom. The fourth-order valence-corrected chi connectivity index (χ4v) is 2.80. The molecular weight excluding hydrogens is 282 g/mol. The van der Waals surface area contributed by atoms with Crippen molar-refractivity contribution in [3.05, 3.63) is 41.3 Å². The maximum atomic E-state index is 12.6. The lowest BCUT2D eigenvalue weighted by molar-refractivity contribution is 0.0744. The monoisotopic (exact) mass is 301 g/mol. The van der Waals surface area contributed by atoms with Crippen LogP contribution in [0.5, 0.6) is 5.75 Å². The summed E-state index contributed by atoms with van der Waals surface area (Å²) < 4.78 is 5.08. The van der Waals surface area contributed by atoms with Gasteiger partial charge in [-0.05, 0) is 26.0 Å². The zero-order valence-electron chi connectivity index (χ0n) is 12.7. The zero-order chi connectivity index (χ0) is 15.7. The van der Waals surface area contributed by atoms with Crippen LogP contribution < -0.4 is 4.90 Å². The highest BCUT2D eigenvalue weighted by Crippen LogP contribution is 2.22. The second-order valence-electron chi connectivity index (χ2n) is 5.50. The van der Waals surface area contributed by atoms with Crippen molar-refractivity contribution in [1.82, 2.24) is 10.1 Å². The van der Waals surface area contributed by atoms with Gasteiger partial charge in [-0.25, -0.2) is 0 Å². The Bertz CT molecular complexity index is 668. The largest absolute Gasteiger partial charge is 0.508 e. The third-order valence-corrected chi connectivity index (χ3v) is 4.01. The van der Waals surface area contributed by atoms with Gasteiger partial charge in [-0.15, -0.1) is 0 Å². The average molecular weight is 301 g/mol. The number of nitrogens with zero attached hydrogens (tertiary/aromatic N) is 3. The summed E-state index contributed by atoms with van der Waals surface area (Å²) in [5.74, 6) is 0.802. The SMILES string of the molecule is Cc1noc(C)c1C(=O)N1CCN(c2cccc(O)c2)CC1. The Hall–Kier alpha value is -2.50. The van der Waals surface area contributed by atoms with Gasteiger partial charge in [0.2, 0.25) is 0 Å². The molecule has 1 saturated heterocycles. The number of hydrogen-bond acceptors (Lipinski definition) is 5. The Morgan fingerprint density at radius 2 is 1.95 bits per heavy atom. The Labute approximate surface area is 128 Å². The molecule has 2 aromatic rings. The van der Waals surface area contributed by atoms with Crippen molar-refractivity contribution in [3.63, 3.8) is 0 Å². The first kappa shape index (κ1) is 14.4. The Morgan fingerprint density at radius 3 is 2.55 bits per heavy atom. The van der Waals surface area contributed by atoms with E-state index < -0.39 is 0 Å². The van der Waals surface area contributed by atoms with Gasteiger partial charge in [-0.2, -0.15) is 0 Å². The first-order chi connectivity index (χ1) is 10.6. The number of aromatic hydroxyl groups is 1. The van der Waals surface area contributed by atoms with E-state index in [1.807, 2.05) is 17.0 Å². The molecule has 3 rings (SSSR count). The number of carbonyl (C=O) groups excluding carboxylic acids is 1. The van der Waals surface area contributed by atoms with Gasteiger partial charge in [0.25, 0.3) is 5.91 Å². The van der Waals surface area contributed by atoms with Crippen LogP contribution in [-0.2, 0) is 0 Å². The number of hydrogen-bond donors (Lipinski definition) is 1. The number of phenolic OH excluding ortho intramolecular Hbond substituents is 1. The molecule has 1 aliphatic rings. The number of aryl methyl sites for hydroxylation is 2. The van der Waals surface area contributed by atoms with E-state index in [-0.39, 0.29) is 11.7 Å². The van der Waals surface area contributed by atoms with E-state index >= 15 is 0 Å². The van der Waals surface area contributed by atoms with Crippen LogP contribution in [0.1, 0.15) is 21.8 Å². The molecule has 22 heavy (non-hydrogen) atoms. The molecule has 0 bridgehead atoms. The summed E-state index contributed by atoms with van der Waals surface area (Å²) >= 11 is 0. The van der Waals surface area contributed by atoms with Gasteiger partial charge in [0.05, 0.1) is 5.69 Å². The highest BCUT2D eigenvalue weighted by molar-refractivity contribution is 5.96. The molecular formula is C16H19N3O3.